The Kier molecular flexibility index (Phi) is 4.12. The molecule has 1 spiro atoms. The number of nitrogens with two attached hydrogens (primary N) is 1. The number of aromatic amines is 2. The van der Waals surface area contributed by atoms with E-state index in [1.165, 1.54) is 0 Å². The van der Waals surface area contributed by atoms with Crippen molar-refractivity contribution in [2.45, 2.75) is 31.9 Å². The summed E-state index contributed by atoms with van der Waals surface area (Å²) in [6.07, 6.45) is 7.41. The van der Waals surface area contributed by atoms with Crippen LogP contribution < -0.4 is 15.4 Å². The van der Waals surface area contributed by atoms with E-state index in [1.54, 1.807) is 18.5 Å². The summed E-state index contributed by atoms with van der Waals surface area (Å²) in [4.78, 5) is 19.0. The largest absolute Gasteiger partial charge is 0.435 e. The van der Waals surface area contributed by atoms with Crippen LogP contribution in [0, 0.1) is 5.41 Å². The molecule has 6 rings (SSSR count). The SMILES string of the molecule is C[C@@H]1OCC2(CCN(c3cnc4c(Oc5ccnc6[nH]ccc56)n[nH]c4n3)CC2)[C@@H]1N. The Bertz CT molecular complexity index is 1240. The second-order valence-electron chi connectivity index (χ2n) is 8.50. The van der Waals surface area contributed by atoms with E-state index >= 15 is 0 Å². The van der Waals surface area contributed by atoms with Crippen LogP contribution in [0.25, 0.3) is 22.2 Å². The Balaban J connectivity index is 1.22. The number of anilines is 1. The summed E-state index contributed by atoms with van der Waals surface area (Å²) in [7, 11) is 0. The quantitative estimate of drug-likeness (QED) is 0.460. The molecular weight excluding hydrogens is 396 g/mol. The lowest BCUT2D eigenvalue weighted by atomic mass is 9.73. The first kappa shape index (κ1) is 18.5. The molecule has 0 saturated carbocycles. The Morgan fingerprint density at radius 2 is 2.10 bits per heavy atom. The minimum atomic E-state index is 0.0799. The van der Waals surface area contributed by atoms with Crippen molar-refractivity contribution in [1.82, 2.24) is 30.1 Å². The van der Waals surface area contributed by atoms with Crippen LogP contribution in [0.1, 0.15) is 19.8 Å². The van der Waals surface area contributed by atoms with Gasteiger partial charge in [-0.2, -0.15) is 0 Å². The smallest absolute Gasteiger partial charge is 0.266 e. The third-order valence-corrected chi connectivity index (χ3v) is 6.78. The number of nitrogens with zero attached hydrogens (tertiary/aromatic N) is 5. The fraction of sp³-hybridized carbons (Fsp3) is 0.429. The van der Waals surface area contributed by atoms with Gasteiger partial charge in [-0.15, -0.1) is 5.10 Å². The van der Waals surface area contributed by atoms with E-state index in [9.17, 15) is 0 Å². The van der Waals surface area contributed by atoms with Crippen LogP contribution in [0.2, 0.25) is 0 Å². The second-order valence-corrected chi connectivity index (χ2v) is 8.50. The molecule has 0 radical (unpaired) electrons. The van der Waals surface area contributed by atoms with Crippen LogP contribution in [0.4, 0.5) is 5.82 Å². The molecule has 160 valence electrons. The molecule has 2 aliphatic heterocycles. The molecule has 0 unspecified atom stereocenters. The highest BCUT2D eigenvalue weighted by Crippen LogP contribution is 2.42. The maximum absolute atomic E-state index is 6.44. The molecule has 10 nitrogen and oxygen atoms in total. The first-order chi connectivity index (χ1) is 15.1. The van der Waals surface area contributed by atoms with Gasteiger partial charge in [0.1, 0.15) is 17.2 Å². The normalized spacial score (nSPS) is 23.2. The number of piperidine rings is 1. The average Bonchev–Trinajstić information content (AvgIpc) is 3.50. The lowest BCUT2D eigenvalue weighted by Crippen LogP contribution is -2.50. The zero-order valence-electron chi connectivity index (χ0n) is 17.2. The highest BCUT2D eigenvalue weighted by molar-refractivity contribution is 5.84. The molecule has 2 aliphatic rings. The van der Waals surface area contributed by atoms with Gasteiger partial charge in [-0.3, -0.25) is 5.10 Å². The number of hydrogen-bond donors (Lipinski definition) is 3. The number of pyridine rings is 1. The number of fused-ring (bicyclic) bond motifs is 2. The predicted octanol–water partition coefficient (Wildman–Crippen LogP) is 2.35. The van der Waals surface area contributed by atoms with Crippen LogP contribution in [-0.4, -0.2) is 62.0 Å². The van der Waals surface area contributed by atoms with Crippen molar-refractivity contribution in [2.24, 2.45) is 11.1 Å². The van der Waals surface area contributed by atoms with E-state index in [4.69, 9.17) is 20.2 Å². The summed E-state index contributed by atoms with van der Waals surface area (Å²) in [5.74, 6) is 1.88. The second kappa shape index (κ2) is 6.89. The van der Waals surface area contributed by atoms with E-state index in [0.717, 1.165) is 49.4 Å². The summed E-state index contributed by atoms with van der Waals surface area (Å²) >= 11 is 0. The van der Waals surface area contributed by atoms with Crippen molar-refractivity contribution >= 4 is 28.0 Å². The van der Waals surface area contributed by atoms with Gasteiger partial charge in [0.05, 0.1) is 24.3 Å². The number of H-pyrrole nitrogens is 2. The molecular formula is C21H24N8O2. The van der Waals surface area contributed by atoms with Crippen LogP contribution in [0.5, 0.6) is 11.6 Å². The van der Waals surface area contributed by atoms with Crippen molar-refractivity contribution < 1.29 is 9.47 Å². The van der Waals surface area contributed by atoms with Crippen molar-refractivity contribution in [3.8, 4) is 11.6 Å². The van der Waals surface area contributed by atoms with Crippen LogP contribution in [0.15, 0.2) is 30.7 Å². The summed E-state index contributed by atoms with van der Waals surface area (Å²) < 4.78 is 11.9. The third kappa shape index (κ3) is 2.94. The lowest BCUT2D eigenvalue weighted by molar-refractivity contribution is 0.0974. The highest BCUT2D eigenvalue weighted by Gasteiger charge is 2.47. The standard InChI is InChI=1S/C21H24N8O2/c1-12-17(22)21(11-30-12)4-8-29(9-5-21)15-10-25-16-19(26-15)27-28-20(16)31-14-3-7-24-18-13(14)2-6-23-18/h2-3,6-7,10,12,17H,4-5,8-9,11,22H2,1H3,(H,23,24)(H,26,27,28)/t12-,17+/m0/s1. The van der Waals surface area contributed by atoms with E-state index in [2.05, 4.69) is 37.0 Å². The molecule has 2 atom stereocenters. The van der Waals surface area contributed by atoms with Crippen molar-refractivity contribution in [1.29, 1.82) is 0 Å². The molecule has 31 heavy (non-hydrogen) atoms. The number of hydrogen-bond acceptors (Lipinski definition) is 8. The van der Waals surface area contributed by atoms with Gasteiger partial charge in [0.25, 0.3) is 5.88 Å². The van der Waals surface area contributed by atoms with Gasteiger partial charge in [0, 0.05) is 36.9 Å². The van der Waals surface area contributed by atoms with E-state index in [0.29, 0.717) is 22.8 Å². The predicted molar refractivity (Wildman–Crippen MR) is 115 cm³/mol. The van der Waals surface area contributed by atoms with Gasteiger partial charge >= 0.3 is 0 Å². The first-order valence-corrected chi connectivity index (χ1v) is 10.6. The topological polar surface area (TPSA) is 131 Å². The Morgan fingerprint density at radius 3 is 2.90 bits per heavy atom. The van der Waals surface area contributed by atoms with Gasteiger partial charge in [0.2, 0.25) is 0 Å². The van der Waals surface area contributed by atoms with Crippen LogP contribution in [0.3, 0.4) is 0 Å². The summed E-state index contributed by atoms with van der Waals surface area (Å²) in [5.41, 5.74) is 8.47. The number of nitrogens with one attached hydrogen (secondary N) is 2. The Hall–Kier alpha value is -3.24. The Morgan fingerprint density at radius 1 is 1.23 bits per heavy atom. The minimum absolute atomic E-state index is 0.0799. The van der Waals surface area contributed by atoms with Gasteiger partial charge in [-0.1, -0.05) is 0 Å². The highest BCUT2D eigenvalue weighted by atomic mass is 16.5. The first-order valence-electron chi connectivity index (χ1n) is 10.6. The number of aromatic nitrogens is 6. The molecule has 2 fully saturated rings. The molecule has 10 heteroatoms. The van der Waals surface area contributed by atoms with Crippen molar-refractivity contribution in [3.63, 3.8) is 0 Å². The van der Waals surface area contributed by atoms with Crippen LogP contribution in [-0.2, 0) is 4.74 Å². The van der Waals surface area contributed by atoms with Gasteiger partial charge < -0.3 is 25.1 Å². The summed E-state index contributed by atoms with van der Waals surface area (Å²) in [6, 6.07) is 3.82. The summed E-state index contributed by atoms with van der Waals surface area (Å²) in [5, 5.41) is 8.13. The maximum atomic E-state index is 6.44. The van der Waals surface area contributed by atoms with Gasteiger partial charge in [-0.25, -0.2) is 15.0 Å². The summed E-state index contributed by atoms with van der Waals surface area (Å²) in [6.45, 7) is 4.57. The molecule has 6 heterocycles. The van der Waals surface area contributed by atoms with Crippen molar-refractivity contribution in [3.05, 3.63) is 30.7 Å². The van der Waals surface area contributed by atoms with Gasteiger partial charge in [0.15, 0.2) is 11.2 Å². The Labute approximate surface area is 178 Å². The van der Waals surface area contributed by atoms with E-state index in [1.807, 2.05) is 12.3 Å². The molecule has 0 amide bonds. The molecule has 0 aromatic carbocycles. The number of rotatable bonds is 3. The lowest BCUT2D eigenvalue weighted by Gasteiger charge is -2.41. The third-order valence-electron chi connectivity index (χ3n) is 6.78. The average molecular weight is 420 g/mol. The fourth-order valence-corrected chi connectivity index (χ4v) is 4.78. The molecule has 0 bridgehead atoms. The van der Waals surface area contributed by atoms with Crippen LogP contribution >= 0.6 is 0 Å². The molecule has 2 saturated heterocycles. The maximum Gasteiger partial charge on any atom is 0.266 e. The molecule has 4 aromatic rings. The monoisotopic (exact) mass is 420 g/mol. The molecule has 0 aliphatic carbocycles. The van der Waals surface area contributed by atoms with E-state index < -0.39 is 0 Å². The van der Waals surface area contributed by atoms with E-state index in [-0.39, 0.29) is 17.6 Å². The zero-order chi connectivity index (χ0) is 21.0. The minimum Gasteiger partial charge on any atom is -0.435 e. The number of ether oxygens (including phenoxy) is 2. The molecule has 4 N–H and O–H groups in total. The molecule has 4 aromatic heterocycles. The fourth-order valence-electron chi connectivity index (χ4n) is 4.78. The van der Waals surface area contributed by atoms with Gasteiger partial charge in [-0.05, 0) is 31.9 Å². The van der Waals surface area contributed by atoms with Crippen molar-refractivity contribution in [2.75, 3.05) is 24.6 Å². The zero-order valence-corrected chi connectivity index (χ0v) is 17.2.